The number of aryl methyl sites for hydroxylation is 1. The molecule has 5 aromatic rings. The highest BCUT2D eigenvalue weighted by molar-refractivity contribution is 7.91. The third kappa shape index (κ3) is 12.7. The fourth-order valence-electron chi connectivity index (χ4n) is 11.7. The van der Waals surface area contributed by atoms with E-state index in [-0.39, 0.29) is 42.7 Å². The average molecular weight is 1120 g/mol. The molecule has 0 saturated carbocycles. The summed E-state index contributed by atoms with van der Waals surface area (Å²) >= 11 is 0. The third-order valence-electron chi connectivity index (χ3n) is 16.0. The Morgan fingerprint density at radius 3 is 2.50 bits per heavy atom. The van der Waals surface area contributed by atoms with Gasteiger partial charge < -0.3 is 34.9 Å². The smallest absolute Gasteiger partial charge is 0.344 e. The van der Waals surface area contributed by atoms with Crippen molar-refractivity contribution in [3.8, 4) is 40.0 Å². The summed E-state index contributed by atoms with van der Waals surface area (Å²) in [6.07, 6.45) is 2.29. The molecule has 2 aromatic heterocycles. The molecular weight excluding hydrogens is 1040 g/mol. The maximum absolute atomic E-state index is 14.9. The molecule has 0 radical (unpaired) electrons. The number of esters is 1. The van der Waals surface area contributed by atoms with Gasteiger partial charge in [0.05, 0.1) is 66.6 Å². The number of nitrogen functional groups attached to an aromatic ring is 1. The monoisotopic (exact) mass is 1110 g/mol. The highest BCUT2D eigenvalue weighted by atomic mass is 32.2. The van der Waals surface area contributed by atoms with E-state index in [0.717, 1.165) is 43.7 Å². The molecule has 3 saturated heterocycles. The van der Waals surface area contributed by atoms with Crippen LogP contribution in [0.3, 0.4) is 0 Å². The Labute approximate surface area is 468 Å². The zero-order valence-electron chi connectivity index (χ0n) is 47.2. The fraction of sp³-hybridized carbons (Fsp3) is 0.500. The van der Waals surface area contributed by atoms with Crippen LogP contribution in [0.2, 0.25) is 0 Å². The molecule has 3 fully saturated rings. The lowest BCUT2D eigenvalue weighted by molar-refractivity contribution is -0.763. The number of carbonyl (C=O) groups excluding carboxylic acids is 3. The topological polar surface area (TPSA) is 231 Å². The molecule has 426 valence electrons. The van der Waals surface area contributed by atoms with Gasteiger partial charge in [0, 0.05) is 79.0 Å². The number of phenols is 1. The number of hydrazine groups is 2. The first-order valence-electron chi connectivity index (χ1n) is 27.8. The Balaban J connectivity index is 1.10. The maximum Gasteiger partial charge on any atom is 0.344 e. The Morgan fingerprint density at radius 2 is 1.79 bits per heavy atom. The first-order valence-corrected chi connectivity index (χ1v) is 29.6. The zero-order valence-corrected chi connectivity index (χ0v) is 48.0. The molecule has 6 heterocycles. The number of phenolic OH excluding ortho intramolecular Hbond substituents is 1. The molecule has 20 heteroatoms. The van der Waals surface area contributed by atoms with E-state index in [2.05, 4.69) is 60.1 Å². The zero-order chi connectivity index (χ0) is 57.2. The van der Waals surface area contributed by atoms with Gasteiger partial charge in [0.1, 0.15) is 17.8 Å². The van der Waals surface area contributed by atoms with E-state index in [9.17, 15) is 32.8 Å². The number of rotatable bonds is 12. The van der Waals surface area contributed by atoms with E-state index in [1.807, 2.05) is 56.0 Å². The number of likely N-dealkylation sites (N-methyl/N-ethyl adjacent to an activating group) is 1. The minimum atomic E-state index is -3.04. The van der Waals surface area contributed by atoms with Gasteiger partial charge in [0.2, 0.25) is 5.91 Å². The van der Waals surface area contributed by atoms with Gasteiger partial charge in [-0.1, -0.05) is 63.8 Å². The predicted molar refractivity (Wildman–Crippen MR) is 305 cm³/mol. The van der Waals surface area contributed by atoms with E-state index in [0.29, 0.717) is 86.5 Å². The number of hydrogen-bond donors (Lipinski definition) is 4. The number of ether oxygens (including phenoxy) is 3. The number of hydrogen-bond acceptors (Lipinski definition) is 14. The number of fused-ring (bicyclic) bond motifs is 6. The summed E-state index contributed by atoms with van der Waals surface area (Å²) in [6, 6.07) is 17.6. The number of aromatic hydroxyl groups is 1. The second-order valence-electron chi connectivity index (χ2n) is 22.9. The Kier molecular flexibility index (Phi) is 17.4. The molecule has 19 nitrogen and oxygen atoms in total. The van der Waals surface area contributed by atoms with Gasteiger partial charge >= 0.3 is 12.2 Å². The molecule has 6 atom stereocenters. The molecule has 6 bridgehead atoms. The highest BCUT2D eigenvalue weighted by Crippen LogP contribution is 2.43. The number of pyridine rings is 1. The number of nitrogens with one attached hydrogen (secondary N) is 2. The number of benzene rings is 3. The van der Waals surface area contributed by atoms with Crippen molar-refractivity contribution in [2.24, 2.45) is 11.3 Å². The largest absolute Gasteiger partial charge is 0.508 e. The number of nitroso groups, excluding NO2 is 1. The summed E-state index contributed by atoms with van der Waals surface area (Å²) < 4.78 is 44.6. The molecule has 4 aliphatic rings. The molecule has 3 aromatic carbocycles. The van der Waals surface area contributed by atoms with Crippen molar-refractivity contribution in [2.75, 3.05) is 70.8 Å². The summed E-state index contributed by atoms with van der Waals surface area (Å²) in [5.74, 6) is 4.48. The van der Waals surface area contributed by atoms with Crippen molar-refractivity contribution < 1.29 is 47.0 Å². The van der Waals surface area contributed by atoms with Gasteiger partial charge in [0.25, 0.3) is 5.91 Å². The molecule has 80 heavy (non-hydrogen) atoms. The molecule has 0 aliphatic carbocycles. The standard InChI is InChI=1S/C60H75N9O10S/c1-9-67-52-19-16-42-33-47(52)49(55(67)48-30-39(35-62-53(48)38(4)77-8)12-10-21-66-23-26-80(75,76)27-24-66)34-60(5,6)36-79-59(73)50-13-11-22-68(64-50)57(72)51(31-40-28-43(42)32-45(70)29-40)63-56(71)54(37(2)3)65(7)69(74)58-46(20-25-78-58)41-14-17-44(61)18-15-41/h14-19,28-30,32-33,35,37-38,46,50-51,54,58,64H,9,11,13,20-27,31,34,36,61H2,1-8H3,(H-,63,70,71)/p+1/t38-,46+,50-,51-,54-,58+/m0/s1. The van der Waals surface area contributed by atoms with E-state index in [1.54, 1.807) is 44.6 Å². The van der Waals surface area contributed by atoms with Crippen LogP contribution in [0.25, 0.3) is 33.3 Å². The summed E-state index contributed by atoms with van der Waals surface area (Å²) in [7, 11) is 0.161. The maximum atomic E-state index is 14.9. The summed E-state index contributed by atoms with van der Waals surface area (Å²) in [4.78, 5) is 66.0. The van der Waals surface area contributed by atoms with Crippen LogP contribution in [0.5, 0.6) is 5.75 Å². The van der Waals surface area contributed by atoms with Crippen molar-refractivity contribution in [1.29, 1.82) is 0 Å². The van der Waals surface area contributed by atoms with Gasteiger partial charge in [-0.2, -0.15) is 0 Å². The minimum Gasteiger partial charge on any atom is -0.508 e. The van der Waals surface area contributed by atoms with Crippen LogP contribution >= 0.6 is 0 Å². The normalized spacial score (nSPS) is 22.2. The fourth-order valence-corrected chi connectivity index (χ4v) is 13.0. The van der Waals surface area contributed by atoms with Crippen molar-refractivity contribution >= 4 is 44.2 Å². The van der Waals surface area contributed by atoms with E-state index in [1.165, 1.54) is 10.0 Å². The van der Waals surface area contributed by atoms with Crippen LogP contribution in [0.1, 0.15) is 101 Å². The number of carbonyl (C=O) groups is 3. The van der Waals surface area contributed by atoms with Crippen LogP contribution in [-0.4, -0.2) is 150 Å². The quantitative estimate of drug-likeness (QED) is 0.0353. The molecular formula is C60H76N9O10S+. The number of aromatic nitrogens is 2. The first-order chi connectivity index (χ1) is 38.1. The van der Waals surface area contributed by atoms with Gasteiger partial charge in [-0.3, -0.25) is 29.3 Å². The number of sulfone groups is 1. The number of anilines is 1. The first kappa shape index (κ1) is 57.8. The number of nitrogens with two attached hydrogens (primary N) is 1. The summed E-state index contributed by atoms with van der Waals surface area (Å²) in [5.41, 5.74) is 17.0. The van der Waals surface area contributed by atoms with Crippen molar-refractivity contribution in [2.45, 2.75) is 117 Å². The Hall–Kier alpha value is -6.89. The van der Waals surface area contributed by atoms with Crippen LogP contribution in [0.15, 0.2) is 72.9 Å². The van der Waals surface area contributed by atoms with Gasteiger partial charge in [-0.25, -0.2) is 13.8 Å². The highest BCUT2D eigenvalue weighted by Gasteiger charge is 2.48. The van der Waals surface area contributed by atoms with E-state index in [4.69, 9.17) is 24.9 Å². The lowest BCUT2D eigenvalue weighted by Crippen LogP contribution is -2.62. The number of cyclic esters (lactones) is 1. The lowest BCUT2D eigenvalue weighted by Gasteiger charge is -2.36. The molecule has 9 rings (SSSR count). The predicted octanol–water partition coefficient (Wildman–Crippen LogP) is 6.30. The average Bonchev–Trinajstić information content (AvgIpc) is 4.14. The molecule has 2 amide bonds. The van der Waals surface area contributed by atoms with Crippen LogP contribution in [-0.2, 0) is 57.8 Å². The third-order valence-corrected chi connectivity index (χ3v) is 17.6. The summed E-state index contributed by atoms with van der Waals surface area (Å²) in [5, 5.41) is 18.2. The minimum absolute atomic E-state index is 0.0425. The Morgan fingerprint density at radius 1 is 1.04 bits per heavy atom. The SMILES string of the molecule is CCn1c(-c2cc(C#CCN3CCS(=O)(=O)CC3)cnc2[C@H](C)OC)c2c3cc(ccc31)-c1cc(O)cc(c1)C[C@H](NC(=O)[C@H](C(C)C)N(C)[N+](=O)[C@@H]1OCC[C@@H]1c1ccc(N)cc1)C(=O)N1CCC[C@H](N1)C(=O)OCC(C)(C)C2. The van der Waals surface area contributed by atoms with E-state index >= 15 is 0 Å². The lowest BCUT2D eigenvalue weighted by atomic mass is 9.84. The van der Waals surface area contributed by atoms with Crippen LogP contribution in [0.4, 0.5) is 5.69 Å². The van der Waals surface area contributed by atoms with Gasteiger partial charge in [-0.15, -0.1) is 5.01 Å². The molecule has 0 spiro atoms. The number of methoxy groups -OCH3 is 1. The van der Waals surface area contributed by atoms with Crippen LogP contribution < -0.4 is 16.5 Å². The van der Waals surface area contributed by atoms with Crippen molar-refractivity contribution in [3.05, 3.63) is 106 Å². The Bertz CT molecular complexity index is 3320. The van der Waals surface area contributed by atoms with Crippen molar-refractivity contribution in [3.63, 3.8) is 0 Å². The molecule has 0 unspecified atom stereocenters. The van der Waals surface area contributed by atoms with Crippen LogP contribution in [0, 0.1) is 28.1 Å². The second kappa shape index (κ2) is 24.1. The summed E-state index contributed by atoms with van der Waals surface area (Å²) in [6.45, 7) is 14.3. The van der Waals surface area contributed by atoms with Gasteiger partial charge in [0.15, 0.2) is 20.7 Å². The second-order valence-corrected chi connectivity index (χ2v) is 25.2. The number of nitrogens with zero attached hydrogens (tertiary/aromatic N) is 6. The van der Waals surface area contributed by atoms with Crippen molar-refractivity contribution in [1.82, 2.24) is 35.2 Å². The van der Waals surface area contributed by atoms with E-state index < -0.39 is 69.4 Å². The molecule has 4 aliphatic heterocycles. The molecule has 5 N–H and O–H groups in total. The number of amides is 2. The van der Waals surface area contributed by atoms with Gasteiger partial charge in [-0.05, 0) is 116 Å².